The van der Waals surface area contributed by atoms with Crippen LogP contribution < -0.4 is 10.6 Å². The van der Waals surface area contributed by atoms with Crippen LogP contribution >= 0.6 is 0 Å². The summed E-state index contributed by atoms with van der Waals surface area (Å²) in [5.41, 5.74) is 3.43. The molecule has 7 heteroatoms. The summed E-state index contributed by atoms with van der Waals surface area (Å²) in [6, 6.07) is 22.1. The van der Waals surface area contributed by atoms with Crippen molar-refractivity contribution in [1.82, 2.24) is 25.1 Å². The highest BCUT2D eigenvalue weighted by molar-refractivity contribution is 5.76. The Hall–Kier alpha value is -2.76. The Labute approximate surface area is 208 Å². The van der Waals surface area contributed by atoms with Crippen LogP contribution in [0.3, 0.4) is 0 Å². The number of para-hydroxylation sites is 2. The molecule has 7 nitrogen and oxygen atoms in total. The standard InChI is InChI=1S/C28H36N6O/c1-20(27-23(13-16-31-27)22-9-4-3-5-10-22)33-17-8-15-30-19-26(33)28-32-24-11-6-7-12-25(24)34(28)21(2)35-18-14-29/h3-7,9-12,20-21,23,26-27,30-31H,8,13,15-19H2,1-2H3. The van der Waals surface area contributed by atoms with Gasteiger partial charge < -0.3 is 15.4 Å². The van der Waals surface area contributed by atoms with Gasteiger partial charge in [-0.1, -0.05) is 42.5 Å². The number of nitrogens with zero attached hydrogens (tertiary/aromatic N) is 4. The van der Waals surface area contributed by atoms with Gasteiger partial charge in [-0.15, -0.1) is 0 Å². The minimum absolute atomic E-state index is 0.0564. The second-order valence-electron chi connectivity index (χ2n) is 9.73. The molecule has 5 rings (SSSR count). The van der Waals surface area contributed by atoms with Crippen molar-refractivity contribution in [3.05, 3.63) is 66.0 Å². The fourth-order valence-electron chi connectivity index (χ4n) is 6.05. The SMILES string of the molecule is CC(C1NCCC1c1ccccc1)N1CCCNCC1c1nc2ccccc2n1C(C)OCC#N. The van der Waals surface area contributed by atoms with Crippen molar-refractivity contribution in [1.29, 1.82) is 5.26 Å². The van der Waals surface area contributed by atoms with Gasteiger partial charge in [0.05, 0.1) is 23.1 Å². The van der Waals surface area contributed by atoms with Crippen LogP contribution in [0.5, 0.6) is 0 Å². The van der Waals surface area contributed by atoms with Gasteiger partial charge in [0.1, 0.15) is 18.7 Å². The number of nitriles is 1. The van der Waals surface area contributed by atoms with E-state index in [1.165, 1.54) is 5.56 Å². The smallest absolute Gasteiger partial charge is 0.136 e. The van der Waals surface area contributed by atoms with Gasteiger partial charge in [0.15, 0.2) is 0 Å². The topological polar surface area (TPSA) is 78.1 Å². The second kappa shape index (κ2) is 10.9. The summed E-state index contributed by atoms with van der Waals surface area (Å²) in [7, 11) is 0. The summed E-state index contributed by atoms with van der Waals surface area (Å²) >= 11 is 0. The lowest BCUT2D eigenvalue weighted by Gasteiger charge is -2.40. The number of fused-ring (bicyclic) bond motifs is 1. The van der Waals surface area contributed by atoms with Gasteiger partial charge in [-0.3, -0.25) is 9.47 Å². The lowest BCUT2D eigenvalue weighted by Crippen LogP contribution is -2.50. The highest BCUT2D eigenvalue weighted by Gasteiger charge is 2.39. The molecule has 184 valence electrons. The Balaban J connectivity index is 1.51. The van der Waals surface area contributed by atoms with Crippen molar-refractivity contribution >= 4 is 11.0 Å². The molecule has 3 aromatic rings. The van der Waals surface area contributed by atoms with Gasteiger partial charge >= 0.3 is 0 Å². The predicted octanol–water partition coefficient (Wildman–Crippen LogP) is 3.97. The Bertz CT molecular complexity index is 1160. The molecule has 0 saturated carbocycles. The van der Waals surface area contributed by atoms with Crippen LogP contribution in [0, 0.1) is 11.3 Å². The number of rotatable bonds is 7. The molecule has 2 aromatic carbocycles. The van der Waals surface area contributed by atoms with Gasteiger partial charge in [0.25, 0.3) is 0 Å². The maximum Gasteiger partial charge on any atom is 0.136 e. The Morgan fingerprint density at radius 2 is 1.91 bits per heavy atom. The Morgan fingerprint density at radius 1 is 1.11 bits per heavy atom. The van der Waals surface area contributed by atoms with Crippen molar-refractivity contribution in [3.8, 4) is 6.07 Å². The number of imidazole rings is 1. The van der Waals surface area contributed by atoms with E-state index in [1.54, 1.807) is 0 Å². The third kappa shape index (κ3) is 4.85. The van der Waals surface area contributed by atoms with Crippen molar-refractivity contribution in [2.75, 3.05) is 32.8 Å². The van der Waals surface area contributed by atoms with Gasteiger partial charge in [-0.25, -0.2) is 4.98 Å². The zero-order valence-corrected chi connectivity index (χ0v) is 20.7. The van der Waals surface area contributed by atoms with Crippen molar-refractivity contribution in [3.63, 3.8) is 0 Å². The molecule has 0 radical (unpaired) electrons. The van der Waals surface area contributed by atoms with E-state index in [1.807, 2.05) is 19.1 Å². The second-order valence-corrected chi connectivity index (χ2v) is 9.73. The molecule has 5 unspecified atom stereocenters. The van der Waals surface area contributed by atoms with Crippen molar-refractivity contribution < 1.29 is 4.74 Å². The van der Waals surface area contributed by atoms with E-state index in [4.69, 9.17) is 15.0 Å². The summed E-state index contributed by atoms with van der Waals surface area (Å²) in [5, 5.41) is 16.6. The first-order chi connectivity index (χ1) is 17.2. The quantitative estimate of drug-likeness (QED) is 0.542. The molecule has 0 aliphatic carbocycles. The molecule has 35 heavy (non-hydrogen) atoms. The molecular formula is C28H36N6O. The highest BCUT2D eigenvalue weighted by Crippen LogP contribution is 2.36. The summed E-state index contributed by atoms with van der Waals surface area (Å²) in [6.45, 7) is 8.33. The molecule has 2 aliphatic heterocycles. The molecular weight excluding hydrogens is 436 g/mol. The number of hydrogen-bond acceptors (Lipinski definition) is 6. The normalized spacial score (nSPS) is 25.2. The lowest BCUT2D eigenvalue weighted by molar-refractivity contribution is 0.0317. The van der Waals surface area contributed by atoms with Crippen LogP contribution in [0.4, 0.5) is 0 Å². The number of ether oxygens (including phenoxy) is 1. The van der Waals surface area contributed by atoms with Gasteiger partial charge in [-0.2, -0.15) is 5.26 Å². The van der Waals surface area contributed by atoms with Crippen LogP contribution in [-0.2, 0) is 4.74 Å². The molecule has 2 fully saturated rings. The third-order valence-corrected chi connectivity index (χ3v) is 7.72. The van der Waals surface area contributed by atoms with E-state index in [0.717, 1.165) is 55.9 Å². The summed E-state index contributed by atoms with van der Waals surface area (Å²) in [6.07, 6.45) is 1.98. The van der Waals surface area contributed by atoms with Gasteiger partial charge in [-0.05, 0) is 57.5 Å². The lowest BCUT2D eigenvalue weighted by atomic mass is 9.87. The molecule has 3 heterocycles. The van der Waals surface area contributed by atoms with E-state index >= 15 is 0 Å². The van der Waals surface area contributed by atoms with Crippen LogP contribution in [-0.4, -0.2) is 59.3 Å². The average molecular weight is 473 g/mol. The van der Waals surface area contributed by atoms with E-state index < -0.39 is 0 Å². The fraction of sp³-hybridized carbons (Fsp3) is 0.500. The van der Waals surface area contributed by atoms with E-state index in [0.29, 0.717) is 18.0 Å². The molecule has 0 amide bonds. The predicted molar refractivity (Wildman–Crippen MR) is 138 cm³/mol. The first-order valence-electron chi connectivity index (χ1n) is 12.9. The average Bonchev–Trinajstić information content (AvgIpc) is 3.46. The zero-order chi connectivity index (χ0) is 24.2. The van der Waals surface area contributed by atoms with Crippen LogP contribution in [0.1, 0.15) is 56.3 Å². The summed E-state index contributed by atoms with van der Waals surface area (Å²) in [4.78, 5) is 7.79. The van der Waals surface area contributed by atoms with Crippen LogP contribution in [0.25, 0.3) is 11.0 Å². The molecule has 1 aromatic heterocycles. The maximum atomic E-state index is 9.11. The molecule has 2 N–H and O–H groups in total. The van der Waals surface area contributed by atoms with E-state index in [-0.39, 0.29) is 18.9 Å². The maximum absolute atomic E-state index is 9.11. The van der Waals surface area contributed by atoms with Crippen molar-refractivity contribution in [2.24, 2.45) is 0 Å². The van der Waals surface area contributed by atoms with Crippen molar-refractivity contribution in [2.45, 2.75) is 57.0 Å². The van der Waals surface area contributed by atoms with Gasteiger partial charge in [0.2, 0.25) is 0 Å². The minimum atomic E-state index is -0.279. The number of aromatic nitrogens is 2. The fourth-order valence-corrected chi connectivity index (χ4v) is 6.05. The summed E-state index contributed by atoms with van der Waals surface area (Å²) in [5.74, 6) is 1.51. The minimum Gasteiger partial charge on any atom is -0.343 e. The highest BCUT2D eigenvalue weighted by atomic mass is 16.5. The Morgan fingerprint density at radius 3 is 2.74 bits per heavy atom. The van der Waals surface area contributed by atoms with Crippen LogP contribution in [0.2, 0.25) is 0 Å². The number of nitrogens with one attached hydrogen (secondary N) is 2. The molecule has 2 aliphatic rings. The Kier molecular flexibility index (Phi) is 7.45. The summed E-state index contributed by atoms with van der Waals surface area (Å²) < 4.78 is 8.08. The van der Waals surface area contributed by atoms with E-state index in [9.17, 15) is 0 Å². The largest absolute Gasteiger partial charge is 0.343 e. The first kappa shape index (κ1) is 24.0. The monoisotopic (exact) mass is 472 g/mol. The molecule has 0 spiro atoms. The third-order valence-electron chi connectivity index (χ3n) is 7.72. The first-order valence-corrected chi connectivity index (χ1v) is 12.9. The van der Waals surface area contributed by atoms with E-state index in [2.05, 4.69) is 75.6 Å². The molecule has 5 atom stereocenters. The molecule has 2 saturated heterocycles. The van der Waals surface area contributed by atoms with Crippen LogP contribution in [0.15, 0.2) is 54.6 Å². The van der Waals surface area contributed by atoms with Gasteiger partial charge in [0, 0.05) is 31.1 Å². The number of benzene rings is 2. The number of hydrogen-bond donors (Lipinski definition) is 2. The molecule has 0 bridgehead atoms. The zero-order valence-electron chi connectivity index (χ0n) is 20.7.